The van der Waals surface area contributed by atoms with Crippen LogP contribution in [0.2, 0.25) is 0 Å². The standard InChI is InChI=1S/C27H45NO2/c1-6-8-10-13-22-15-16-24(23(19-22)14-11-9-7-2)30-25(29)28-21-27(5)18-12-17-26(3,4)20-27/h15-16,19H,6-14,17-18,20-21H2,1-5H3,(H,28,29). The Kier molecular flexibility index (Phi) is 9.71. The number of amides is 1. The Bertz CT molecular complexity index is 667. The average molecular weight is 416 g/mol. The summed E-state index contributed by atoms with van der Waals surface area (Å²) in [5.74, 6) is 0.733. The topological polar surface area (TPSA) is 38.3 Å². The van der Waals surface area contributed by atoms with Crippen molar-refractivity contribution in [2.45, 2.75) is 112 Å². The maximum Gasteiger partial charge on any atom is 0.412 e. The lowest BCUT2D eigenvalue weighted by Crippen LogP contribution is -2.41. The van der Waals surface area contributed by atoms with Gasteiger partial charge in [-0.05, 0) is 73.0 Å². The van der Waals surface area contributed by atoms with E-state index in [1.165, 1.54) is 62.5 Å². The molecule has 30 heavy (non-hydrogen) atoms. The lowest BCUT2D eigenvalue weighted by Gasteiger charge is -2.42. The van der Waals surface area contributed by atoms with Crippen molar-refractivity contribution in [2.24, 2.45) is 10.8 Å². The first-order chi connectivity index (χ1) is 14.3. The quantitative estimate of drug-likeness (QED) is 0.374. The maximum atomic E-state index is 12.6. The van der Waals surface area contributed by atoms with E-state index in [9.17, 15) is 4.79 Å². The number of nitrogens with one attached hydrogen (secondary N) is 1. The van der Waals surface area contributed by atoms with Crippen LogP contribution in [0.1, 0.15) is 110 Å². The van der Waals surface area contributed by atoms with Gasteiger partial charge in [-0.25, -0.2) is 4.79 Å². The van der Waals surface area contributed by atoms with Crippen LogP contribution >= 0.6 is 0 Å². The molecule has 2 rings (SSSR count). The number of benzene rings is 1. The molecule has 1 saturated carbocycles. The normalized spacial score (nSPS) is 20.7. The number of aryl methyl sites for hydroxylation is 2. The molecule has 0 aliphatic heterocycles. The fourth-order valence-corrected chi connectivity index (χ4v) is 5.13. The van der Waals surface area contributed by atoms with E-state index in [2.05, 4.69) is 52.1 Å². The first-order valence-corrected chi connectivity index (χ1v) is 12.3. The molecule has 170 valence electrons. The minimum absolute atomic E-state index is 0.161. The molecule has 0 saturated heterocycles. The Morgan fingerprint density at radius 3 is 2.37 bits per heavy atom. The summed E-state index contributed by atoms with van der Waals surface area (Å²) in [6, 6.07) is 6.40. The molecular formula is C27H45NO2. The van der Waals surface area contributed by atoms with Crippen LogP contribution in [-0.2, 0) is 12.8 Å². The van der Waals surface area contributed by atoms with Crippen molar-refractivity contribution in [1.29, 1.82) is 0 Å². The van der Waals surface area contributed by atoms with E-state index in [0.29, 0.717) is 12.0 Å². The summed E-state index contributed by atoms with van der Waals surface area (Å²) in [6.45, 7) is 12.1. The number of hydrogen-bond acceptors (Lipinski definition) is 2. The highest BCUT2D eigenvalue weighted by Crippen LogP contribution is 2.45. The predicted molar refractivity (Wildman–Crippen MR) is 127 cm³/mol. The fraction of sp³-hybridized carbons (Fsp3) is 0.741. The second-order valence-electron chi connectivity index (χ2n) is 10.6. The lowest BCUT2D eigenvalue weighted by atomic mass is 9.64. The smallest absolute Gasteiger partial charge is 0.410 e. The zero-order valence-corrected chi connectivity index (χ0v) is 20.2. The first kappa shape index (κ1) is 24.8. The maximum absolute atomic E-state index is 12.6. The minimum atomic E-state index is -0.310. The van der Waals surface area contributed by atoms with Crippen molar-refractivity contribution in [2.75, 3.05) is 6.54 Å². The van der Waals surface area contributed by atoms with E-state index >= 15 is 0 Å². The molecule has 1 amide bonds. The highest BCUT2D eigenvalue weighted by molar-refractivity contribution is 5.71. The van der Waals surface area contributed by atoms with Gasteiger partial charge >= 0.3 is 6.09 Å². The van der Waals surface area contributed by atoms with Gasteiger partial charge in [-0.3, -0.25) is 0 Å². The number of carbonyl (C=O) groups excluding carboxylic acids is 1. The second-order valence-corrected chi connectivity index (χ2v) is 10.6. The molecule has 0 aromatic heterocycles. The van der Waals surface area contributed by atoms with Gasteiger partial charge in [0.2, 0.25) is 0 Å². The van der Waals surface area contributed by atoms with Gasteiger partial charge in [0.15, 0.2) is 0 Å². The first-order valence-electron chi connectivity index (χ1n) is 12.3. The summed E-state index contributed by atoms with van der Waals surface area (Å²) < 4.78 is 5.79. The van der Waals surface area contributed by atoms with Crippen LogP contribution in [0, 0.1) is 10.8 Å². The Hall–Kier alpha value is -1.51. The summed E-state index contributed by atoms with van der Waals surface area (Å²) in [5, 5.41) is 3.07. The van der Waals surface area contributed by atoms with Crippen LogP contribution in [0.15, 0.2) is 18.2 Å². The Balaban J connectivity index is 1.97. The van der Waals surface area contributed by atoms with E-state index in [1.54, 1.807) is 0 Å². The van der Waals surface area contributed by atoms with Gasteiger partial charge in [-0.1, -0.05) is 78.9 Å². The molecule has 0 radical (unpaired) electrons. The van der Waals surface area contributed by atoms with E-state index in [4.69, 9.17) is 4.74 Å². The molecule has 1 aliphatic carbocycles. The van der Waals surface area contributed by atoms with Crippen LogP contribution < -0.4 is 10.1 Å². The molecule has 1 unspecified atom stereocenters. The van der Waals surface area contributed by atoms with E-state index in [0.717, 1.165) is 31.4 Å². The van der Waals surface area contributed by atoms with Crippen LogP contribution in [0.25, 0.3) is 0 Å². The van der Waals surface area contributed by atoms with E-state index < -0.39 is 0 Å². The summed E-state index contributed by atoms with van der Waals surface area (Å²) in [6.07, 6.45) is 13.9. The monoisotopic (exact) mass is 415 g/mol. The number of rotatable bonds is 11. The summed E-state index contributed by atoms with van der Waals surface area (Å²) in [5.41, 5.74) is 3.06. The van der Waals surface area contributed by atoms with Gasteiger partial charge in [-0.15, -0.1) is 0 Å². The van der Waals surface area contributed by atoms with Gasteiger partial charge in [-0.2, -0.15) is 0 Å². The van der Waals surface area contributed by atoms with E-state index in [1.807, 2.05) is 6.07 Å². The third kappa shape index (κ3) is 8.32. The highest BCUT2D eigenvalue weighted by Gasteiger charge is 2.36. The molecule has 1 aromatic rings. The van der Waals surface area contributed by atoms with Crippen molar-refractivity contribution in [3.63, 3.8) is 0 Å². The molecule has 1 atom stereocenters. The van der Waals surface area contributed by atoms with Gasteiger partial charge in [0.05, 0.1) is 0 Å². The zero-order valence-electron chi connectivity index (χ0n) is 20.2. The fourth-order valence-electron chi connectivity index (χ4n) is 5.13. The summed E-state index contributed by atoms with van der Waals surface area (Å²) in [4.78, 5) is 12.6. The molecule has 1 aromatic carbocycles. The van der Waals surface area contributed by atoms with Crippen molar-refractivity contribution < 1.29 is 9.53 Å². The number of unbranched alkanes of at least 4 members (excludes halogenated alkanes) is 4. The summed E-state index contributed by atoms with van der Waals surface area (Å²) in [7, 11) is 0. The zero-order chi connectivity index (χ0) is 22.0. The number of ether oxygens (including phenoxy) is 1. The minimum Gasteiger partial charge on any atom is -0.410 e. The molecule has 3 heteroatoms. The predicted octanol–water partition coefficient (Wildman–Crippen LogP) is 7.85. The highest BCUT2D eigenvalue weighted by atomic mass is 16.6. The average Bonchev–Trinajstić information content (AvgIpc) is 2.68. The Labute approximate surface area is 185 Å². The summed E-state index contributed by atoms with van der Waals surface area (Å²) >= 11 is 0. The van der Waals surface area contributed by atoms with Crippen LogP contribution in [0.3, 0.4) is 0 Å². The van der Waals surface area contributed by atoms with Gasteiger partial charge in [0, 0.05) is 6.54 Å². The SMILES string of the molecule is CCCCCc1ccc(OC(=O)NCC2(C)CCCC(C)(C)C2)c(CCCCC)c1. The molecule has 0 bridgehead atoms. The van der Waals surface area contributed by atoms with E-state index in [-0.39, 0.29) is 11.5 Å². The van der Waals surface area contributed by atoms with Crippen molar-refractivity contribution >= 4 is 6.09 Å². The third-order valence-electron chi connectivity index (χ3n) is 6.64. The molecular weight excluding hydrogens is 370 g/mol. The van der Waals surface area contributed by atoms with Gasteiger partial charge in [0.25, 0.3) is 0 Å². The van der Waals surface area contributed by atoms with Crippen LogP contribution in [0.4, 0.5) is 4.79 Å². The third-order valence-corrected chi connectivity index (χ3v) is 6.64. The van der Waals surface area contributed by atoms with Gasteiger partial charge in [0.1, 0.15) is 5.75 Å². The van der Waals surface area contributed by atoms with Gasteiger partial charge < -0.3 is 10.1 Å². The Morgan fingerprint density at radius 1 is 1.00 bits per heavy atom. The molecule has 0 heterocycles. The van der Waals surface area contributed by atoms with Crippen molar-refractivity contribution in [3.05, 3.63) is 29.3 Å². The number of hydrogen-bond donors (Lipinski definition) is 1. The second kappa shape index (κ2) is 11.8. The van der Waals surface area contributed by atoms with Crippen molar-refractivity contribution in [1.82, 2.24) is 5.32 Å². The Morgan fingerprint density at radius 2 is 1.70 bits per heavy atom. The lowest BCUT2D eigenvalue weighted by molar-refractivity contribution is 0.0969. The van der Waals surface area contributed by atoms with Crippen molar-refractivity contribution in [3.8, 4) is 5.75 Å². The van der Waals surface area contributed by atoms with Crippen LogP contribution in [-0.4, -0.2) is 12.6 Å². The number of carbonyl (C=O) groups is 1. The molecule has 1 fully saturated rings. The molecule has 0 spiro atoms. The largest absolute Gasteiger partial charge is 0.412 e. The molecule has 3 nitrogen and oxygen atoms in total. The molecule has 1 aliphatic rings. The molecule has 1 N–H and O–H groups in total. The van der Waals surface area contributed by atoms with Crippen LogP contribution in [0.5, 0.6) is 5.75 Å².